The van der Waals surface area contributed by atoms with Crippen LogP contribution in [0.2, 0.25) is 0 Å². The fraction of sp³-hybridized carbons (Fsp3) is 0.182. The van der Waals surface area contributed by atoms with Crippen molar-refractivity contribution in [3.8, 4) is 6.07 Å². The summed E-state index contributed by atoms with van der Waals surface area (Å²) in [7, 11) is 0. The zero-order valence-electron chi connectivity index (χ0n) is 9.24. The van der Waals surface area contributed by atoms with E-state index < -0.39 is 24.2 Å². The number of benzene rings is 1. The number of carboxylic acids is 1. The molecule has 94 valence electrons. The fourth-order valence-electron chi connectivity index (χ4n) is 1.20. The van der Waals surface area contributed by atoms with Crippen molar-refractivity contribution in [2.24, 2.45) is 0 Å². The summed E-state index contributed by atoms with van der Waals surface area (Å²) in [5, 5.41) is 21.8. The van der Waals surface area contributed by atoms with E-state index in [-0.39, 0.29) is 17.8 Å². The number of carbonyl (C=O) groups excluding carboxylic acids is 1. The average Bonchev–Trinajstić information content (AvgIpc) is 2.33. The van der Waals surface area contributed by atoms with Gasteiger partial charge in [-0.25, -0.2) is 4.39 Å². The van der Waals surface area contributed by atoms with Crippen LogP contribution in [0.4, 0.5) is 10.1 Å². The molecule has 1 aromatic rings. The number of carboxylic acid groups (broad SMARTS) is 1. The van der Waals surface area contributed by atoms with Crippen molar-refractivity contribution in [2.75, 3.05) is 18.4 Å². The summed E-state index contributed by atoms with van der Waals surface area (Å²) in [5.74, 6) is -2.41. The van der Waals surface area contributed by atoms with Crippen LogP contribution in [0.1, 0.15) is 5.56 Å². The molecule has 1 amide bonds. The van der Waals surface area contributed by atoms with Gasteiger partial charge in [0.2, 0.25) is 5.91 Å². The van der Waals surface area contributed by atoms with E-state index in [4.69, 9.17) is 10.4 Å². The van der Waals surface area contributed by atoms with E-state index in [1.807, 2.05) is 0 Å². The Kier molecular flexibility index (Phi) is 4.63. The molecule has 0 aliphatic carbocycles. The summed E-state index contributed by atoms with van der Waals surface area (Å²) in [4.78, 5) is 21.4. The number of carbonyl (C=O) groups is 2. The number of nitriles is 1. The lowest BCUT2D eigenvalue weighted by atomic mass is 10.2. The second-order valence-electron chi connectivity index (χ2n) is 3.30. The Morgan fingerprint density at radius 3 is 2.72 bits per heavy atom. The molecular weight excluding hydrogens is 241 g/mol. The Morgan fingerprint density at radius 2 is 2.11 bits per heavy atom. The van der Waals surface area contributed by atoms with Gasteiger partial charge in [-0.3, -0.25) is 9.59 Å². The van der Waals surface area contributed by atoms with Gasteiger partial charge in [-0.1, -0.05) is 6.07 Å². The van der Waals surface area contributed by atoms with E-state index in [1.54, 1.807) is 6.07 Å². The lowest BCUT2D eigenvalue weighted by Crippen LogP contribution is -2.33. The van der Waals surface area contributed by atoms with Crippen LogP contribution in [0, 0.1) is 17.1 Å². The predicted molar refractivity (Wildman–Crippen MR) is 60.3 cm³/mol. The average molecular weight is 251 g/mol. The molecule has 0 radical (unpaired) electrons. The van der Waals surface area contributed by atoms with Crippen molar-refractivity contribution >= 4 is 17.6 Å². The van der Waals surface area contributed by atoms with Crippen LogP contribution >= 0.6 is 0 Å². The predicted octanol–water partition coefficient (Wildman–Crippen LogP) is 0.310. The number of rotatable bonds is 5. The van der Waals surface area contributed by atoms with E-state index in [1.165, 1.54) is 12.1 Å². The molecule has 0 heterocycles. The van der Waals surface area contributed by atoms with Crippen molar-refractivity contribution in [1.82, 2.24) is 5.32 Å². The maximum atomic E-state index is 13.2. The molecule has 0 spiro atoms. The van der Waals surface area contributed by atoms with Crippen LogP contribution in [-0.2, 0) is 9.59 Å². The minimum Gasteiger partial charge on any atom is -0.480 e. The SMILES string of the molecule is N#Cc1c(F)cccc1NCC(=O)NCC(=O)O. The Hall–Kier alpha value is -2.62. The molecule has 0 aromatic heterocycles. The molecule has 0 bridgehead atoms. The molecule has 7 heteroatoms. The third-order valence-electron chi connectivity index (χ3n) is 2.00. The molecule has 0 saturated carbocycles. The number of nitrogens with one attached hydrogen (secondary N) is 2. The summed E-state index contributed by atoms with van der Waals surface area (Å²) >= 11 is 0. The summed E-state index contributed by atoms with van der Waals surface area (Å²) in [6, 6.07) is 5.65. The number of aliphatic carboxylic acids is 1. The van der Waals surface area contributed by atoms with Crippen molar-refractivity contribution in [3.05, 3.63) is 29.6 Å². The highest BCUT2D eigenvalue weighted by molar-refractivity contribution is 5.84. The van der Waals surface area contributed by atoms with Crippen molar-refractivity contribution in [1.29, 1.82) is 5.26 Å². The largest absolute Gasteiger partial charge is 0.480 e. The second kappa shape index (κ2) is 6.20. The van der Waals surface area contributed by atoms with E-state index in [0.29, 0.717) is 0 Å². The normalized spacial score (nSPS) is 9.33. The third kappa shape index (κ3) is 3.75. The smallest absolute Gasteiger partial charge is 0.322 e. The maximum absolute atomic E-state index is 13.2. The monoisotopic (exact) mass is 251 g/mol. The summed E-state index contributed by atoms with van der Waals surface area (Å²) in [5.41, 5.74) is -0.00786. The van der Waals surface area contributed by atoms with Gasteiger partial charge >= 0.3 is 5.97 Å². The van der Waals surface area contributed by atoms with Crippen LogP contribution in [0.15, 0.2) is 18.2 Å². The quantitative estimate of drug-likeness (QED) is 0.699. The number of hydrogen-bond acceptors (Lipinski definition) is 4. The fourth-order valence-corrected chi connectivity index (χ4v) is 1.20. The number of hydrogen-bond donors (Lipinski definition) is 3. The van der Waals surface area contributed by atoms with Gasteiger partial charge in [0.15, 0.2) is 0 Å². The molecule has 0 atom stereocenters. The molecule has 3 N–H and O–H groups in total. The lowest BCUT2D eigenvalue weighted by Gasteiger charge is -2.08. The highest BCUT2D eigenvalue weighted by Gasteiger charge is 2.09. The summed E-state index contributed by atoms with van der Waals surface area (Å²) < 4.78 is 13.2. The minimum absolute atomic E-state index is 0.183. The lowest BCUT2D eigenvalue weighted by molar-refractivity contribution is -0.137. The Labute approximate surface area is 102 Å². The van der Waals surface area contributed by atoms with E-state index >= 15 is 0 Å². The zero-order chi connectivity index (χ0) is 13.5. The highest BCUT2D eigenvalue weighted by Crippen LogP contribution is 2.17. The zero-order valence-corrected chi connectivity index (χ0v) is 9.24. The van der Waals surface area contributed by atoms with Gasteiger partial charge in [0, 0.05) is 0 Å². The van der Waals surface area contributed by atoms with Gasteiger partial charge in [-0.15, -0.1) is 0 Å². The number of halogens is 1. The van der Waals surface area contributed by atoms with E-state index in [9.17, 15) is 14.0 Å². The molecule has 1 rings (SSSR count). The van der Waals surface area contributed by atoms with Crippen LogP contribution in [0.3, 0.4) is 0 Å². The molecule has 6 nitrogen and oxygen atoms in total. The number of anilines is 1. The molecule has 18 heavy (non-hydrogen) atoms. The standard InChI is InChI=1S/C11H10FN3O3/c12-8-2-1-3-9(7(8)4-13)14-5-10(16)15-6-11(17)18/h1-3,14H,5-6H2,(H,15,16)(H,17,18). The van der Waals surface area contributed by atoms with Crippen molar-refractivity contribution < 1.29 is 19.1 Å². The molecular formula is C11H10FN3O3. The maximum Gasteiger partial charge on any atom is 0.322 e. The van der Waals surface area contributed by atoms with Crippen molar-refractivity contribution in [2.45, 2.75) is 0 Å². The van der Waals surface area contributed by atoms with Crippen LogP contribution in [-0.4, -0.2) is 30.1 Å². The van der Waals surface area contributed by atoms with Gasteiger partial charge in [0.1, 0.15) is 24.0 Å². The van der Waals surface area contributed by atoms with Crippen LogP contribution in [0.5, 0.6) is 0 Å². The number of nitrogens with zero attached hydrogens (tertiary/aromatic N) is 1. The Morgan fingerprint density at radius 1 is 1.39 bits per heavy atom. The van der Waals surface area contributed by atoms with Crippen LogP contribution in [0.25, 0.3) is 0 Å². The summed E-state index contributed by atoms with van der Waals surface area (Å²) in [6.45, 7) is -0.736. The molecule has 0 fully saturated rings. The molecule has 1 aromatic carbocycles. The highest BCUT2D eigenvalue weighted by atomic mass is 19.1. The first-order valence-corrected chi connectivity index (χ1v) is 4.95. The molecule has 0 saturated heterocycles. The topological polar surface area (TPSA) is 102 Å². The number of amides is 1. The first-order chi connectivity index (χ1) is 8.54. The van der Waals surface area contributed by atoms with Gasteiger partial charge in [0.25, 0.3) is 0 Å². The minimum atomic E-state index is -1.16. The van der Waals surface area contributed by atoms with Gasteiger partial charge in [0.05, 0.1) is 12.2 Å². The van der Waals surface area contributed by atoms with Gasteiger partial charge in [-0.05, 0) is 12.1 Å². The van der Waals surface area contributed by atoms with Crippen molar-refractivity contribution in [3.63, 3.8) is 0 Å². The van der Waals surface area contributed by atoms with Gasteiger partial charge < -0.3 is 15.7 Å². The third-order valence-corrected chi connectivity index (χ3v) is 2.00. The first kappa shape index (κ1) is 13.4. The second-order valence-corrected chi connectivity index (χ2v) is 3.30. The Bertz CT molecular complexity index is 511. The van der Waals surface area contributed by atoms with E-state index in [0.717, 1.165) is 6.07 Å². The van der Waals surface area contributed by atoms with Gasteiger partial charge in [-0.2, -0.15) is 5.26 Å². The molecule has 0 unspecified atom stereocenters. The Balaban J connectivity index is 2.59. The molecule has 0 aliphatic heterocycles. The van der Waals surface area contributed by atoms with Crippen LogP contribution < -0.4 is 10.6 Å². The molecule has 0 aliphatic rings. The summed E-state index contributed by atoms with van der Waals surface area (Å²) in [6.07, 6.45) is 0. The first-order valence-electron chi connectivity index (χ1n) is 4.95. The van der Waals surface area contributed by atoms with E-state index in [2.05, 4.69) is 10.6 Å².